The van der Waals surface area contributed by atoms with Crippen molar-refractivity contribution >= 4 is 40.7 Å². The minimum atomic E-state index is -0.297. The van der Waals surface area contributed by atoms with Gasteiger partial charge in [0.25, 0.3) is 0 Å². The lowest BCUT2D eigenvalue weighted by molar-refractivity contribution is -0.128. The number of rotatable bonds is 7. The summed E-state index contributed by atoms with van der Waals surface area (Å²) in [6, 6.07) is 15.1. The van der Waals surface area contributed by atoms with Gasteiger partial charge < -0.3 is 15.5 Å². The van der Waals surface area contributed by atoms with E-state index in [1.54, 1.807) is 23.1 Å². The lowest BCUT2D eigenvalue weighted by Gasteiger charge is -2.25. The third-order valence-corrected chi connectivity index (χ3v) is 7.12. The van der Waals surface area contributed by atoms with Gasteiger partial charge in [-0.1, -0.05) is 53.4 Å². The average molecular weight is 468 g/mol. The molecule has 9 heteroatoms. The van der Waals surface area contributed by atoms with Crippen LogP contribution in [0.25, 0.3) is 0 Å². The molecule has 1 aliphatic rings. The van der Waals surface area contributed by atoms with Crippen molar-refractivity contribution in [2.24, 2.45) is 0 Å². The van der Waals surface area contributed by atoms with E-state index in [0.717, 1.165) is 44.0 Å². The van der Waals surface area contributed by atoms with E-state index in [-0.39, 0.29) is 18.0 Å². The van der Waals surface area contributed by atoms with E-state index in [1.807, 2.05) is 67.3 Å². The Labute approximate surface area is 195 Å². The number of anilines is 1. The molecular weight excluding hydrogens is 442 g/mol. The van der Waals surface area contributed by atoms with Crippen LogP contribution in [0.2, 0.25) is 0 Å². The summed E-state index contributed by atoms with van der Waals surface area (Å²) in [5, 5.41) is 15.1. The van der Waals surface area contributed by atoms with Gasteiger partial charge in [0.2, 0.25) is 5.91 Å². The molecular formula is C23H25N5O2S2. The zero-order valence-electron chi connectivity index (χ0n) is 18.0. The summed E-state index contributed by atoms with van der Waals surface area (Å²) in [5.74, 6) is 0.141. The summed E-state index contributed by atoms with van der Waals surface area (Å²) in [5.41, 5.74) is 2.67. The Morgan fingerprint density at radius 2 is 2.00 bits per heavy atom. The van der Waals surface area contributed by atoms with E-state index in [1.165, 1.54) is 0 Å². The molecule has 166 valence electrons. The third kappa shape index (κ3) is 5.66. The maximum atomic E-state index is 12.8. The van der Waals surface area contributed by atoms with Crippen LogP contribution in [0.1, 0.15) is 35.0 Å². The van der Waals surface area contributed by atoms with Gasteiger partial charge in [-0.3, -0.25) is 4.79 Å². The highest BCUT2D eigenvalue weighted by Crippen LogP contribution is 2.32. The maximum Gasteiger partial charge on any atom is 0.319 e. The van der Waals surface area contributed by atoms with Crippen molar-refractivity contribution in [1.29, 1.82) is 0 Å². The summed E-state index contributed by atoms with van der Waals surface area (Å²) in [6.07, 6.45) is 1.45. The Balaban J connectivity index is 1.42. The molecule has 1 fully saturated rings. The number of nitrogens with one attached hydrogen (secondary N) is 2. The first-order valence-corrected chi connectivity index (χ1v) is 12.1. The van der Waals surface area contributed by atoms with Gasteiger partial charge >= 0.3 is 6.03 Å². The van der Waals surface area contributed by atoms with Crippen LogP contribution in [0, 0.1) is 13.8 Å². The van der Waals surface area contributed by atoms with Gasteiger partial charge in [-0.2, -0.15) is 0 Å². The number of aromatic nitrogens is 2. The fraction of sp³-hybridized carbons (Fsp3) is 0.304. The molecule has 1 saturated heterocycles. The molecule has 1 atom stereocenters. The Kier molecular flexibility index (Phi) is 7.06. The van der Waals surface area contributed by atoms with Gasteiger partial charge in [-0.15, -0.1) is 10.2 Å². The minimum absolute atomic E-state index is 0.141. The predicted molar refractivity (Wildman–Crippen MR) is 127 cm³/mol. The van der Waals surface area contributed by atoms with Crippen molar-refractivity contribution in [1.82, 2.24) is 20.4 Å². The second kappa shape index (κ2) is 10.1. The highest BCUT2D eigenvalue weighted by Gasteiger charge is 2.25. The van der Waals surface area contributed by atoms with Crippen LogP contribution in [0.5, 0.6) is 0 Å². The highest BCUT2D eigenvalue weighted by molar-refractivity contribution is 8.01. The Hall–Kier alpha value is -2.91. The topological polar surface area (TPSA) is 87.2 Å². The van der Waals surface area contributed by atoms with Crippen LogP contribution in [0.15, 0.2) is 57.8 Å². The summed E-state index contributed by atoms with van der Waals surface area (Å²) in [7, 11) is 0. The van der Waals surface area contributed by atoms with Gasteiger partial charge in [0.05, 0.1) is 6.04 Å². The van der Waals surface area contributed by atoms with Crippen molar-refractivity contribution in [2.45, 2.75) is 42.0 Å². The van der Waals surface area contributed by atoms with Gasteiger partial charge in [0, 0.05) is 30.1 Å². The molecule has 0 radical (unpaired) electrons. The number of carbonyl (C=O) groups excluding carboxylic acids is 2. The van der Waals surface area contributed by atoms with E-state index >= 15 is 0 Å². The Morgan fingerprint density at radius 1 is 1.19 bits per heavy atom. The molecule has 0 bridgehead atoms. The van der Waals surface area contributed by atoms with Gasteiger partial charge in [0.1, 0.15) is 5.01 Å². The highest BCUT2D eigenvalue weighted by atomic mass is 32.2. The van der Waals surface area contributed by atoms with Gasteiger partial charge in [0.15, 0.2) is 4.34 Å². The van der Waals surface area contributed by atoms with E-state index in [0.29, 0.717) is 13.0 Å². The number of aryl methyl sites for hydroxylation is 2. The number of nitrogens with zero attached hydrogens (tertiary/aromatic N) is 3. The predicted octanol–water partition coefficient (Wildman–Crippen LogP) is 4.79. The number of hydrogen-bond acceptors (Lipinski definition) is 6. The van der Waals surface area contributed by atoms with E-state index in [4.69, 9.17) is 0 Å². The van der Waals surface area contributed by atoms with Crippen LogP contribution < -0.4 is 10.6 Å². The molecule has 3 amide bonds. The molecule has 0 saturated carbocycles. The molecule has 2 heterocycles. The molecule has 3 aromatic rings. The second-order valence-corrected chi connectivity index (χ2v) is 10.2. The SMILES string of the molecule is Cc1nnc(Sc2ccc(NC(=O)NC(CN3CCCC3=O)c3ccccc3)c(C)c2)s1. The smallest absolute Gasteiger partial charge is 0.319 e. The van der Waals surface area contributed by atoms with E-state index in [9.17, 15) is 9.59 Å². The van der Waals surface area contributed by atoms with Crippen LogP contribution in [0.4, 0.5) is 10.5 Å². The number of likely N-dealkylation sites (tertiary alicyclic amines) is 1. The van der Waals surface area contributed by atoms with Crippen LogP contribution in [-0.2, 0) is 4.79 Å². The lowest BCUT2D eigenvalue weighted by atomic mass is 10.1. The largest absolute Gasteiger partial charge is 0.340 e. The average Bonchev–Trinajstić information content (AvgIpc) is 3.37. The number of urea groups is 1. The Morgan fingerprint density at radius 3 is 2.66 bits per heavy atom. The quantitative estimate of drug-likeness (QED) is 0.522. The third-order valence-electron chi connectivity index (χ3n) is 5.24. The molecule has 32 heavy (non-hydrogen) atoms. The molecule has 0 spiro atoms. The van der Waals surface area contributed by atoms with Gasteiger partial charge in [-0.25, -0.2) is 4.79 Å². The van der Waals surface area contributed by atoms with Crippen molar-refractivity contribution in [3.63, 3.8) is 0 Å². The van der Waals surface area contributed by atoms with Crippen molar-refractivity contribution in [3.05, 3.63) is 64.7 Å². The van der Waals surface area contributed by atoms with Crippen LogP contribution in [-0.4, -0.2) is 40.1 Å². The molecule has 2 N–H and O–H groups in total. The van der Waals surface area contributed by atoms with Crippen LogP contribution >= 0.6 is 23.1 Å². The van der Waals surface area contributed by atoms with Crippen molar-refractivity contribution in [2.75, 3.05) is 18.4 Å². The molecule has 7 nitrogen and oxygen atoms in total. The van der Waals surface area contributed by atoms with Crippen molar-refractivity contribution < 1.29 is 9.59 Å². The van der Waals surface area contributed by atoms with E-state index < -0.39 is 0 Å². The lowest BCUT2D eigenvalue weighted by Crippen LogP contribution is -2.40. The summed E-state index contributed by atoms with van der Waals surface area (Å²) in [6.45, 7) is 5.09. The zero-order chi connectivity index (χ0) is 22.5. The summed E-state index contributed by atoms with van der Waals surface area (Å²) < 4.78 is 0.891. The normalized spacial score (nSPS) is 14.4. The summed E-state index contributed by atoms with van der Waals surface area (Å²) >= 11 is 3.11. The number of amides is 3. The standard InChI is InChI=1S/C23H25N5O2S2/c1-15-13-18(32-23-27-26-16(2)31-23)10-11-19(15)24-22(30)25-20(17-7-4-3-5-8-17)14-28-12-6-9-21(28)29/h3-5,7-8,10-11,13,20H,6,9,12,14H2,1-2H3,(H2,24,25,30). The molecule has 2 aromatic carbocycles. The molecule has 1 aromatic heterocycles. The second-order valence-electron chi connectivity index (χ2n) is 7.67. The van der Waals surface area contributed by atoms with E-state index in [2.05, 4.69) is 20.8 Å². The Bertz CT molecular complexity index is 1100. The molecule has 1 aliphatic heterocycles. The maximum absolute atomic E-state index is 12.8. The first-order chi connectivity index (χ1) is 15.5. The van der Waals surface area contributed by atoms with Crippen molar-refractivity contribution in [3.8, 4) is 0 Å². The molecule has 1 unspecified atom stereocenters. The van der Waals surface area contributed by atoms with Gasteiger partial charge in [-0.05, 0) is 49.6 Å². The zero-order valence-corrected chi connectivity index (χ0v) is 19.6. The number of carbonyl (C=O) groups is 2. The fourth-order valence-electron chi connectivity index (χ4n) is 3.61. The number of benzene rings is 2. The minimum Gasteiger partial charge on any atom is -0.340 e. The molecule has 4 rings (SSSR count). The first kappa shape index (κ1) is 22.3. The molecule has 0 aliphatic carbocycles. The number of hydrogen-bond donors (Lipinski definition) is 2. The first-order valence-electron chi connectivity index (χ1n) is 10.5. The monoisotopic (exact) mass is 467 g/mol. The summed E-state index contributed by atoms with van der Waals surface area (Å²) in [4.78, 5) is 27.8. The fourth-order valence-corrected chi connectivity index (χ4v) is 5.50. The van der Waals surface area contributed by atoms with Crippen LogP contribution in [0.3, 0.4) is 0 Å².